The van der Waals surface area contributed by atoms with Gasteiger partial charge in [0, 0.05) is 21.1 Å². The molecule has 4 heteroatoms. The summed E-state index contributed by atoms with van der Waals surface area (Å²) in [5, 5.41) is 4.67. The highest BCUT2D eigenvalue weighted by molar-refractivity contribution is 9.10. The van der Waals surface area contributed by atoms with Gasteiger partial charge < -0.3 is 9.74 Å². The zero-order chi connectivity index (χ0) is 18.7. The van der Waals surface area contributed by atoms with Crippen molar-refractivity contribution in [2.75, 3.05) is 0 Å². The Bertz CT molecular complexity index is 890. The van der Waals surface area contributed by atoms with Crippen LogP contribution in [0.4, 0.5) is 0 Å². The van der Waals surface area contributed by atoms with E-state index in [9.17, 15) is 0 Å². The second-order valence-corrected chi connectivity index (χ2v) is 10.2. The molecule has 3 nitrogen and oxygen atoms in total. The highest BCUT2D eigenvalue weighted by Crippen LogP contribution is 2.60. The zero-order valence-electron chi connectivity index (χ0n) is 15.9. The highest BCUT2D eigenvalue weighted by atomic mass is 79.9. The first kappa shape index (κ1) is 17.1. The van der Waals surface area contributed by atoms with Gasteiger partial charge in [-0.2, -0.15) is 0 Å². The van der Waals surface area contributed by atoms with Gasteiger partial charge in [0.15, 0.2) is 5.84 Å². The Morgan fingerprint density at radius 1 is 0.893 bits per heavy atom. The number of nitrogens with zero attached hydrogens (tertiary/aromatic N) is 2. The van der Waals surface area contributed by atoms with Crippen LogP contribution in [0.25, 0.3) is 0 Å². The van der Waals surface area contributed by atoms with E-state index in [4.69, 9.17) is 4.84 Å². The predicted molar refractivity (Wildman–Crippen MR) is 114 cm³/mol. The summed E-state index contributed by atoms with van der Waals surface area (Å²) in [7, 11) is 0. The van der Waals surface area contributed by atoms with Crippen molar-refractivity contribution in [1.82, 2.24) is 4.90 Å². The monoisotopic (exact) mass is 436 g/mol. The fourth-order valence-corrected chi connectivity index (χ4v) is 7.18. The molecule has 1 heterocycles. The van der Waals surface area contributed by atoms with E-state index in [0.29, 0.717) is 0 Å². The zero-order valence-corrected chi connectivity index (χ0v) is 17.5. The van der Waals surface area contributed by atoms with Crippen molar-refractivity contribution in [2.45, 2.75) is 50.3 Å². The molecule has 1 unspecified atom stereocenters. The quantitative estimate of drug-likeness (QED) is 0.579. The molecule has 0 amide bonds. The molecule has 4 saturated carbocycles. The van der Waals surface area contributed by atoms with Gasteiger partial charge in [0.1, 0.15) is 0 Å². The van der Waals surface area contributed by atoms with Gasteiger partial charge >= 0.3 is 0 Å². The number of hydrogen-bond donors (Lipinski definition) is 0. The Labute approximate surface area is 174 Å². The van der Waals surface area contributed by atoms with Crippen molar-refractivity contribution in [3.63, 3.8) is 0 Å². The minimum atomic E-state index is -0.119. The van der Waals surface area contributed by atoms with Crippen molar-refractivity contribution >= 4 is 21.8 Å². The van der Waals surface area contributed by atoms with Crippen molar-refractivity contribution < 1.29 is 4.84 Å². The predicted octanol–water partition coefficient (Wildman–Crippen LogP) is 6.11. The van der Waals surface area contributed by atoms with E-state index >= 15 is 0 Å². The van der Waals surface area contributed by atoms with E-state index in [0.717, 1.165) is 33.6 Å². The van der Waals surface area contributed by atoms with E-state index in [1.165, 1.54) is 44.1 Å². The van der Waals surface area contributed by atoms with Crippen LogP contribution in [0.2, 0.25) is 0 Å². The SMILES string of the molecule is Brc1cccc(C2=NOC(c3ccccc3)N2C23CC4CC(CC(C4)C2)C3)c1. The largest absolute Gasteiger partial charge is 0.363 e. The third kappa shape index (κ3) is 2.64. The molecule has 0 aromatic heterocycles. The lowest BCUT2D eigenvalue weighted by molar-refractivity contribution is -0.116. The highest BCUT2D eigenvalue weighted by Gasteiger charge is 2.57. The molecular weight excluding hydrogens is 412 g/mol. The van der Waals surface area contributed by atoms with Gasteiger partial charge in [-0.05, 0) is 68.4 Å². The van der Waals surface area contributed by atoms with E-state index in [1.54, 1.807) is 0 Å². The normalized spacial score (nSPS) is 35.8. The average molecular weight is 437 g/mol. The lowest BCUT2D eigenvalue weighted by atomic mass is 9.52. The maximum Gasteiger partial charge on any atom is 0.227 e. The van der Waals surface area contributed by atoms with Gasteiger partial charge in [-0.25, -0.2) is 0 Å². The molecule has 5 aliphatic rings. The number of hydrogen-bond acceptors (Lipinski definition) is 3. The summed E-state index contributed by atoms with van der Waals surface area (Å²) < 4.78 is 1.08. The number of halogens is 1. The second kappa shape index (κ2) is 6.35. The van der Waals surface area contributed by atoms with Crippen LogP contribution in [-0.2, 0) is 4.84 Å². The van der Waals surface area contributed by atoms with Gasteiger partial charge in [-0.1, -0.05) is 63.6 Å². The molecule has 2 aromatic carbocycles. The van der Waals surface area contributed by atoms with Crippen LogP contribution in [0, 0.1) is 17.8 Å². The minimum absolute atomic E-state index is 0.119. The molecule has 0 saturated heterocycles. The maximum atomic E-state index is 6.15. The smallest absolute Gasteiger partial charge is 0.227 e. The summed E-state index contributed by atoms with van der Waals surface area (Å²) in [6.07, 6.45) is 8.07. The molecule has 4 bridgehead atoms. The van der Waals surface area contributed by atoms with E-state index in [2.05, 4.69) is 80.6 Å². The maximum absolute atomic E-state index is 6.15. The molecule has 4 aliphatic carbocycles. The Morgan fingerprint density at radius 3 is 2.21 bits per heavy atom. The van der Waals surface area contributed by atoms with Crippen molar-refractivity contribution in [3.05, 3.63) is 70.2 Å². The van der Waals surface area contributed by atoms with Crippen molar-refractivity contribution in [3.8, 4) is 0 Å². The Kier molecular flexibility index (Phi) is 3.87. The Morgan fingerprint density at radius 2 is 1.57 bits per heavy atom. The standard InChI is InChI=1S/C24H25BrN2O/c25-21-8-4-7-20(12-21)22-26-28-23(19-5-2-1-3-6-19)27(22)24-13-16-9-17(14-24)11-18(10-16)15-24/h1-8,12,16-18,23H,9-11,13-15H2. The lowest BCUT2D eigenvalue weighted by Crippen LogP contribution is -2.61. The molecule has 0 spiro atoms. The van der Waals surface area contributed by atoms with Crippen LogP contribution in [0.15, 0.2) is 64.2 Å². The molecule has 1 aliphatic heterocycles. The fraction of sp³-hybridized carbons (Fsp3) is 0.458. The molecule has 2 aromatic rings. The van der Waals surface area contributed by atoms with Gasteiger partial charge in [0.2, 0.25) is 6.23 Å². The van der Waals surface area contributed by atoms with E-state index in [-0.39, 0.29) is 11.8 Å². The Hall–Kier alpha value is -1.81. The van der Waals surface area contributed by atoms with E-state index in [1.807, 2.05) is 0 Å². The van der Waals surface area contributed by atoms with Crippen molar-refractivity contribution in [2.24, 2.45) is 22.9 Å². The number of oxime groups is 1. The van der Waals surface area contributed by atoms with Crippen LogP contribution in [-0.4, -0.2) is 16.3 Å². The third-order valence-electron chi connectivity index (χ3n) is 7.39. The summed E-state index contributed by atoms with van der Waals surface area (Å²) in [5.74, 6) is 3.66. The molecule has 28 heavy (non-hydrogen) atoms. The fourth-order valence-electron chi connectivity index (χ4n) is 6.78. The average Bonchev–Trinajstić information content (AvgIpc) is 3.14. The first-order valence-corrected chi connectivity index (χ1v) is 11.3. The van der Waals surface area contributed by atoms with Crippen LogP contribution in [0.5, 0.6) is 0 Å². The summed E-state index contributed by atoms with van der Waals surface area (Å²) in [5.41, 5.74) is 2.53. The molecule has 0 radical (unpaired) electrons. The van der Waals surface area contributed by atoms with Crippen LogP contribution in [0.1, 0.15) is 55.9 Å². The molecule has 0 N–H and O–H groups in total. The topological polar surface area (TPSA) is 24.8 Å². The summed E-state index contributed by atoms with van der Waals surface area (Å²) in [6, 6.07) is 19.1. The minimum Gasteiger partial charge on any atom is -0.363 e. The van der Waals surface area contributed by atoms with Crippen molar-refractivity contribution in [1.29, 1.82) is 0 Å². The van der Waals surface area contributed by atoms with Gasteiger partial charge in [0.25, 0.3) is 0 Å². The molecular formula is C24H25BrN2O. The lowest BCUT2D eigenvalue weighted by Gasteiger charge is -2.60. The van der Waals surface area contributed by atoms with Gasteiger partial charge in [-0.3, -0.25) is 0 Å². The molecule has 144 valence electrons. The summed E-state index contributed by atoms with van der Waals surface area (Å²) in [4.78, 5) is 8.72. The molecule has 7 rings (SSSR count). The Balaban J connectivity index is 1.46. The summed E-state index contributed by atoms with van der Waals surface area (Å²) >= 11 is 3.64. The first-order chi connectivity index (χ1) is 13.7. The summed E-state index contributed by atoms with van der Waals surface area (Å²) in [6.45, 7) is 0. The first-order valence-electron chi connectivity index (χ1n) is 10.5. The molecule has 1 atom stereocenters. The number of amidine groups is 1. The number of rotatable bonds is 3. The number of benzene rings is 2. The van der Waals surface area contributed by atoms with Gasteiger partial charge in [-0.15, -0.1) is 0 Å². The van der Waals surface area contributed by atoms with Gasteiger partial charge in [0.05, 0.1) is 0 Å². The second-order valence-electron chi connectivity index (χ2n) is 9.31. The van der Waals surface area contributed by atoms with Crippen LogP contribution in [0.3, 0.4) is 0 Å². The van der Waals surface area contributed by atoms with E-state index < -0.39 is 0 Å². The third-order valence-corrected chi connectivity index (χ3v) is 7.88. The van der Waals surface area contributed by atoms with Crippen LogP contribution < -0.4 is 0 Å². The molecule has 4 fully saturated rings. The van der Waals surface area contributed by atoms with Crippen LogP contribution >= 0.6 is 15.9 Å².